The third-order valence-corrected chi connectivity index (χ3v) is 5.81. The highest BCUT2D eigenvalue weighted by atomic mass is 35.5. The highest BCUT2D eigenvalue weighted by molar-refractivity contribution is 6.35. The number of imidazole rings is 1. The molecule has 4 heterocycles. The van der Waals surface area contributed by atoms with Gasteiger partial charge in [0, 0.05) is 28.9 Å². The van der Waals surface area contributed by atoms with Gasteiger partial charge in [0.15, 0.2) is 5.82 Å². The lowest BCUT2D eigenvalue weighted by Crippen LogP contribution is -2.00. The number of aryl methyl sites for hydroxylation is 1. The van der Waals surface area contributed by atoms with Crippen molar-refractivity contribution in [3.63, 3.8) is 0 Å². The molecule has 160 valence electrons. The summed E-state index contributed by atoms with van der Waals surface area (Å²) in [6.07, 6.45) is 4.93. The van der Waals surface area contributed by atoms with Gasteiger partial charge in [0.2, 0.25) is 5.95 Å². The number of H-pyrrole nitrogens is 1. The van der Waals surface area contributed by atoms with Crippen LogP contribution in [0.4, 0.5) is 5.95 Å². The van der Waals surface area contributed by atoms with E-state index in [-0.39, 0.29) is 5.95 Å². The summed E-state index contributed by atoms with van der Waals surface area (Å²) in [6, 6.07) is 13.5. The normalized spacial score (nSPS) is 11.5. The third-order valence-electron chi connectivity index (χ3n) is 5.51. The Morgan fingerprint density at radius 3 is 2.70 bits per heavy atom. The van der Waals surface area contributed by atoms with Gasteiger partial charge in [-0.2, -0.15) is 0 Å². The molecule has 2 aromatic carbocycles. The van der Waals surface area contributed by atoms with Gasteiger partial charge in [0.05, 0.1) is 27.4 Å². The maximum absolute atomic E-state index is 6.43. The van der Waals surface area contributed by atoms with E-state index in [0.717, 1.165) is 44.6 Å². The quantitative estimate of drug-likeness (QED) is 0.408. The summed E-state index contributed by atoms with van der Waals surface area (Å²) < 4.78 is 2.09. The van der Waals surface area contributed by atoms with Gasteiger partial charge in [-0.1, -0.05) is 23.7 Å². The molecule has 6 rings (SSSR count). The van der Waals surface area contributed by atoms with Crippen LogP contribution >= 0.6 is 11.6 Å². The molecular weight excluding hydrogens is 438 g/mol. The van der Waals surface area contributed by atoms with Crippen molar-refractivity contribution >= 4 is 39.5 Å². The van der Waals surface area contributed by atoms with Gasteiger partial charge >= 0.3 is 0 Å². The summed E-state index contributed by atoms with van der Waals surface area (Å²) in [5.41, 5.74) is 11.5. The second kappa shape index (κ2) is 7.35. The summed E-state index contributed by atoms with van der Waals surface area (Å²) in [7, 11) is 0. The number of hydrogen-bond acceptors (Lipinski definition) is 7. The van der Waals surface area contributed by atoms with E-state index in [9.17, 15) is 0 Å². The van der Waals surface area contributed by atoms with E-state index in [0.29, 0.717) is 16.5 Å². The molecule has 0 spiro atoms. The predicted octanol–water partition coefficient (Wildman–Crippen LogP) is 4.36. The molecule has 0 aliphatic carbocycles. The number of hydrogen-bond donors (Lipinski definition) is 2. The summed E-state index contributed by atoms with van der Waals surface area (Å²) in [5.74, 6) is 1.61. The van der Waals surface area contributed by atoms with E-state index in [2.05, 4.69) is 34.7 Å². The first-order valence-corrected chi connectivity index (χ1v) is 10.5. The lowest BCUT2D eigenvalue weighted by atomic mass is 10.0. The number of nitrogens with zero attached hydrogens (tertiary/aromatic N) is 7. The second-order valence-corrected chi connectivity index (χ2v) is 7.90. The van der Waals surface area contributed by atoms with Crippen molar-refractivity contribution in [3.05, 3.63) is 72.0 Å². The standard InChI is InChI=1S/C23H16ClN9/c1-12-30-21-15(22-28-11-29-32-22)9-13(17-5-7-27-23(25)31-17)10-19(21)33(12)18-6-8-26-20-14(18)3-2-4-16(20)24/h2-11H,1H3,(H2,25,27,31)(H,28,29,32). The average Bonchev–Trinajstić information content (AvgIpc) is 3.46. The number of rotatable bonds is 3. The number of nitrogen functional groups attached to an aromatic ring is 1. The van der Waals surface area contributed by atoms with Crippen LogP contribution in [0, 0.1) is 6.92 Å². The first-order valence-electron chi connectivity index (χ1n) is 10.1. The number of para-hydroxylation sites is 1. The van der Waals surface area contributed by atoms with Gasteiger partial charge in [-0.3, -0.25) is 9.55 Å². The van der Waals surface area contributed by atoms with Crippen LogP contribution in [0.15, 0.2) is 61.2 Å². The molecule has 0 saturated heterocycles. The van der Waals surface area contributed by atoms with Gasteiger partial charge in [0.25, 0.3) is 0 Å². The van der Waals surface area contributed by atoms with E-state index >= 15 is 0 Å². The fourth-order valence-electron chi connectivity index (χ4n) is 4.12. The molecular formula is C23H16ClN9. The van der Waals surface area contributed by atoms with Gasteiger partial charge in [-0.05, 0) is 37.3 Å². The highest BCUT2D eigenvalue weighted by Crippen LogP contribution is 2.35. The molecule has 33 heavy (non-hydrogen) atoms. The van der Waals surface area contributed by atoms with Crippen molar-refractivity contribution in [1.29, 1.82) is 0 Å². The summed E-state index contributed by atoms with van der Waals surface area (Å²) in [5, 5.41) is 9.69. The Bertz CT molecular complexity index is 1650. The van der Waals surface area contributed by atoms with E-state index < -0.39 is 0 Å². The van der Waals surface area contributed by atoms with Crippen molar-refractivity contribution in [2.75, 3.05) is 5.73 Å². The topological polar surface area (TPSA) is 124 Å². The molecule has 0 aliphatic rings. The van der Waals surface area contributed by atoms with Crippen molar-refractivity contribution in [2.24, 2.45) is 0 Å². The van der Waals surface area contributed by atoms with Crippen molar-refractivity contribution in [2.45, 2.75) is 6.92 Å². The monoisotopic (exact) mass is 453 g/mol. The van der Waals surface area contributed by atoms with Crippen LogP contribution in [0.1, 0.15) is 5.82 Å². The molecule has 6 aromatic rings. The number of pyridine rings is 1. The van der Waals surface area contributed by atoms with Crippen LogP contribution in [0.2, 0.25) is 5.02 Å². The number of anilines is 1. The first-order chi connectivity index (χ1) is 16.1. The zero-order valence-electron chi connectivity index (χ0n) is 17.4. The molecule has 10 heteroatoms. The van der Waals surface area contributed by atoms with Gasteiger partial charge in [0.1, 0.15) is 17.7 Å². The third kappa shape index (κ3) is 3.09. The van der Waals surface area contributed by atoms with E-state index in [4.69, 9.17) is 22.3 Å². The molecule has 0 aliphatic heterocycles. The van der Waals surface area contributed by atoms with Crippen LogP contribution in [0.5, 0.6) is 0 Å². The zero-order valence-corrected chi connectivity index (χ0v) is 18.1. The largest absolute Gasteiger partial charge is 0.368 e. The molecule has 3 N–H and O–H groups in total. The van der Waals surface area contributed by atoms with Gasteiger partial charge < -0.3 is 10.7 Å². The maximum Gasteiger partial charge on any atom is 0.220 e. The molecule has 0 atom stereocenters. The predicted molar refractivity (Wildman–Crippen MR) is 127 cm³/mol. The minimum atomic E-state index is 0.202. The number of aromatic nitrogens is 8. The van der Waals surface area contributed by atoms with Gasteiger partial charge in [-0.15, -0.1) is 10.2 Å². The van der Waals surface area contributed by atoms with Crippen molar-refractivity contribution < 1.29 is 0 Å². The minimum absolute atomic E-state index is 0.202. The van der Waals surface area contributed by atoms with Crippen LogP contribution in [-0.2, 0) is 0 Å². The Morgan fingerprint density at radius 1 is 1.00 bits per heavy atom. The SMILES string of the molecule is Cc1nc2c(-c3nnc[nH]3)cc(-c3ccnc(N)n3)cc2n1-c1ccnc2c(Cl)cccc12. The fraction of sp³-hybridized carbons (Fsp3) is 0.0435. The Hall–Kier alpha value is -4.37. The number of aromatic amines is 1. The van der Waals surface area contributed by atoms with E-state index in [1.807, 2.05) is 49.4 Å². The lowest BCUT2D eigenvalue weighted by molar-refractivity contribution is 1.01. The molecule has 0 unspecified atom stereocenters. The van der Waals surface area contributed by atoms with Crippen molar-refractivity contribution in [1.82, 2.24) is 39.7 Å². The number of halogens is 1. The highest BCUT2D eigenvalue weighted by Gasteiger charge is 2.19. The molecule has 4 aromatic heterocycles. The summed E-state index contributed by atoms with van der Waals surface area (Å²) in [4.78, 5) is 20.9. The number of benzene rings is 2. The molecule has 0 bridgehead atoms. The Balaban J connectivity index is 1.72. The van der Waals surface area contributed by atoms with Crippen LogP contribution in [-0.4, -0.2) is 39.7 Å². The van der Waals surface area contributed by atoms with Crippen molar-refractivity contribution in [3.8, 4) is 28.3 Å². The minimum Gasteiger partial charge on any atom is -0.368 e. The molecule has 0 radical (unpaired) electrons. The average molecular weight is 454 g/mol. The van der Waals surface area contributed by atoms with E-state index in [1.165, 1.54) is 0 Å². The smallest absolute Gasteiger partial charge is 0.220 e. The Morgan fingerprint density at radius 2 is 1.88 bits per heavy atom. The number of fused-ring (bicyclic) bond motifs is 2. The lowest BCUT2D eigenvalue weighted by Gasteiger charge is -2.12. The summed E-state index contributed by atoms with van der Waals surface area (Å²) >= 11 is 6.43. The Kier molecular flexibility index (Phi) is 4.30. The zero-order chi connectivity index (χ0) is 22.5. The fourth-order valence-corrected chi connectivity index (χ4v) is 4.34. The number of nitrogens with one attached hydrogen (secondary N) is 1. The molecule has 0 saturated carbocycles. The maximum atomic E-state index is 6.43. The van der Waals surface area contributed by atoms with E-state index in [1.54, 1.807) is 18.7 Å². The molecule has 0 fully saturated rings. The Labute approximate surface area is 192 Å². The molecule has 0 amide bonds. The van der Waals surface area contributed by atoms with Crippen LogP contribution in [0.3, 0.4) is 0 Å². The molecule has 9 nitrogen and oxygen atoms in total. The number of nitrogens with two attached hydrogens (primary N) is 1. The second-order valence-electron chi connectivity index (χ2n) is 7.49. The van der Waals surface area contributed by atoms with Crippen LogP contribution in [0.25, 0.3) is 50.3 Å². The first kappa shape index (κ1) is 19.3. The van der Waals surface area contributed by atoms with Gasteiger partial charge in [-0.25, -0.2) is 15.0 Å². The van der Waals surface area contributed by atoms with Crippen LogP contribution < -0.4 is 5.73 Å². The summed E-state index contributed by atoms with van der Waals surface area (Å²) in [6.45, 7) is 1.96.